The number of aromatic nitrogens is 3. The zero-order valence-corrected chi connectivity index (χ0v) is 17.9. The highest BCUT2D eigenvalue weighted by Gasteiger charge is 2.11. The van der Waals surface area contributed by atoms with Gasteiger partial charge in [0, 0.05) is 35.3 Å². The van der Waals surface area contributed by atoms with E-state index in [9.17, 15) is 4.79 Å². The molecule has 1 amide bonds. The third kappa shape index (κ3) is 5.59. The molecular weight excluding hydrogens is 390 g/mol. The molecule has 0 unspecified atom stereocenters. The number of thioether (sulfide) groups is 1. The molecule has 0 fully saturated rings. The van der Waals surface area contributed by atoms with E-state index in [0.717, 1.165) is 30.2 Å². The molecule has 0 spiro atoms. The Labute approximate surface area is 173 Å². The van der Waals surface area contributed by atoms with Crippen LogP contribution in [0.2, 0.25) is 0 Å². The highest BCUT2D eigenvalue weighted by molar-refractivity contribution is 7.99. The van der Waals surface area contributed by atoms with Crippen molar-refractivity contribution in [2.24, 2.45) is 0 Å². The molecule has 2 heterocycles. The molecule has 2 aromatic heterocycles. The molecule has 0 saturated heterocycles. The van der Waals surface area contributed by atoms with Crippen LogP contribution in [0.4, 0.5) is 11.4 Å². The molecule has 3 rings (SSSR count). The Hall–Kier alpha value is -2.32. The van der Waals surface area contributed by atoms with Crippen LogP contribution in [0.1, 0.15) is 31.5 Å². The number of benzene rings is 1. The van der Waals surface area contributed by atoms with Gasteiger partial charge in [-0.25, -0.2) is 4.98 Å². The molecule has 0 saturated carbocycles. The van der Waals surface area contributed by atoms with Gasteiger partial charge in [0.15, 0.2) is 0 Å². The van der Waals surface area contributed by atoms with Crippen LogP contribution in [-0.2, 0) is 11.2 Å². The number of aromatic amines is 1. The summed E-state index contributed by atoms with van der Waals surface area (Å²) in [6.07, 6.45) is 0.731. The quantitative estimate of drug-likeness (QED) is 0.506. The first-order chi connectivity index (χ1) is 13.5. The first-order valence-electron chi connectivity index (χ1n) is 9.28. The van der Waals surface area contributed by atoms with Crippen molar-refractivity contribution >= 4 is 40.4 Å². The average Bonchev–Trinajstić information content (AvgIpc) is 3.34. The molecule has 0 aliphatic rings. The third-order valence-electron chi connectivity index (χ3n) is 4.21. The number of carbonyl (C=O) groups is 1. The van der Waals surface area contributed by atoms with E-state index in [-0.39, 0.29) is 11.7 Å². The number of hydrogen-bond acceptors (Lipinski definition) is 6. The van der Waals surface area contributed by atoms with Crippen molar-refractivity contribution in [2.75, 3.05) is 22.5 Å². The van der Waals surface area contributed by atoms with Gasteiger partial charge in [-0.2, -0.15) is 0 Å². The van der Waals surface area contributed by atoms with Crippen LogP contribution in [0, 0.1) is 0 Å². The number of nitrogens with zero attached hydrogens (tertiary/aromatic N) is 3. The molecule has 8 heteroatoms. The Bertz CT molecular complexity index is 874. The number of hydrogen-bond donors (Lipinski definition) is 2. The fraction of sp³-hybridized carbons (Fsp3) is 0.350. The highest BCUT2D eigenvalue weighted by atomic mass is 32.2. The Morgan fingerprint density at radius 1 is 1.29 bits per heavy atom. The van der Waals surface area contributed by atoms with Crippen LogP contribution in [0.15, 0.2) is 46.9 Å². The maximum Gasteiger partial charge on any atom is 0.234 e. The molecule has 148 valence electrons. The lowest BCUT2D eigenvalue weighted by Gasteiger charge is -2.27. The van der Waals surface area contributed by atoms with Gasteiger partial charge in [0.2, 0.25) is 11.1 Å². The number of thiophene rings is 1. The summed E-state index contributed by atoms with van der Waals surface area (Å²) in [4.78, 5) is 20.2. The molecule has 0 aliphatic carbocycles. The Morgan fingerprint density at radius 2 is 2.07 bits per heavy atom. The fourth-order valence-electron chi connectivity index (χ4n) is 2.91. The second kappa shape index (κ2) is 9.75. The first kappa shape index (κ1) is 20.4. The SMILES string of the molecule is CCN(c1ccc(NC(=O)CSc2n[nH]c(Cc3cccs3)n2)cc1)C(C)C. The van der Waals surface area contributed by atoms with Crippen molar-refractivity contribution in [1.82, 2.24) is 15.2 Å². The van der Waals surface area contributed by atoms with Crippen LogP contribution in [0.5, 0.6) is 0 Å². The third-order valence-corrected chi connectivity index (χ3v) is 5.94. The van der Waals surface area contributed by atoms with Gasteiger partial charge in [0.1, 0.15) is 5.82 Å². The van der Waals surface area contributed by atoms with Gasteiger partial charge in [-0.1, -0.05) is 17.8 Å². The number of nitrogens with one attached hydrogen (secondary N) is 2. The summed E-state index contributed by atoms with van der Waals surface area (Å²) in [5.41, 5.74) is 1.95. The Morgan fingerprint density at radius 3 is 2.71 bits per heavy atom. The van der Waals surface area contributed by atoms with Crippen molar-refractivity contribution < 1.29 is 4.79 Å². The van der Waals surface area contributed by atoms with Gasteiger partial charge in [-0.3, -0.25) is 9.89 Å². The standard InChI is InChI=1S/C20H25N5OS2/c1-4-25(14(2)3)16-9-7-15(8-10-16)21-19(26)13-28-20-22-18(23-24-20)12-17-6-5-11-27-17/h5-11,14H,4,12-13H2,1-3H3,(H,21,26)(H,22,23,24). The molecule has 3 aromatic rings. The molecule has 2 N–H and O–H groups in total. The molecule has 6 nitrogen and oxygen atoms in total. The van der Waals surface area contributed by atoms with E-state index in [1.54, 1.807) is 11.3 Å². The van der Waals surface area contributed by atoms with Crippen molar-refractivity contribution in [2.45, 2.75) is 38.4 Å². The van der Waals surface area contributed by atoms with E-state index in [1.165, 1.54) is 16.6 Å². The first-order valence-corrected chi connectivity index (χ1v) is 11.1. The predicted octanol–water partition coefficient (Wildman–Crippen LogP) is 4.42. The smallest absolute Gasteiger partial charge is 0.234 e. The monoisotopic (exact) mass is 415 g/mol. The second-order valence-electron chi connectivity index (χ2n) is 6.58. The lowest BCUT2D eigenvalue weighted by atomic mass is 10.2. The van der Waals surface area contributed by atoms with Gasteiger partial charge >= 0.3 is 0 Å². The van der Waals surface area contributed by atoms with E-state index in [2.05, 4.69) is 52.2 Å². The average molecular weight is 416 g/mol. The normalized spacial score (nSPS) is 11.0. The van der Waals surface area contributed by atoms with E-state index in [0.29, 0.717) is 11.2 Å². The summed E-state index contributed by atoms with van der Waals surface area (Å²) >= 11 is 3.02. The van der Waals surface area contributed by atoms with Gasteiger partial charge in [-0.05, 0) is 56.5 Å². The minimum atomic E-state index is -0.0708. The van der Waals surface area contributed by atoms with Crippen LogP contribution >= 0.6 is 23.1 Å². The summed E-state index contributed by atoms with van der Waals surface area (Å²) in [6.45, 7) is 7.43. The molecule has 0 atom stereocenters. The van der Waals surface area contributed by atoms with E-state index in [1.807, 2.05) is 35.7 Å². The molecule has 0 bridgehead atoms. The minimum Gasteiger partial charge on any atom is -0.369 e. The van der Waals surface area contributed by atoms with Gasteiger partial charge in [0.25, 0.3) is 0 Å². The zero-order valence-electron chi connectivity index (χ0n) is 16.3. The van der Waals surface area contributed by atoms with Gasteiger partial charge in [0.05, 0.1) is 5.75 Å². The number of rotatable bonds is 9. The van der Waals surface area contributed by atoms with Crippen LogP contribution in [-0.4, -0.2) is 39.4 Å². The Kier molecular flexibility index (Phi) is 7.11. The summed E-state index contributed by atoms with van der Waals surface area (Å²) in [6, 6.07) is 12.5. The van der Waals surface area contributed by atoms with Crippen LogP contribution in [0.25, 0.3) is 0 Å². The van der Waals surface area contributed by atoms with Crippen molar-refractivity contribution in [3.8, 4) is 0 Å². The van der Waals surface area contributed by atoms with E-state index >= 15 is 0 Å². The zero-order chi connectivity index (χ0) is 19.9. The van der Waals surface area contributed by atoms with Crippen molar-refractivity contribution in [3.63, 3.8) is 0 Å². The number of anilines is 2. The Balaban J connectivity index is 1.48. The molecule has 28 heavy (non-hydrogen) atoms. The largest absolute Gasteiger partial charge is 0.369 e. The predicted molar refractivity (Wildman–Crippen MR) is 117 cm³/mol. The topological polar surface area (TPSA) is 73.9 Å². The van der Waals surface area contributed by atoms with Gasteiger partial charge in [-0.15, -0.1) is 16.4 Å². The van der Waals surface area contributed by atoms with E-state index in [4.69, 9.17) is 0 Å². The van der Waals surface area contributed by atoms with Crippen molar-refractivity contribution in [3.05, 3.63) is 52.5 Å². The van der Waals surface area contributed by atoms with E-state index < -0.39 is 0 Å². The maximum atomic E-state index is 12.2. The summed E-state index contributed by atoms with van der Waals surface area (Å²) in [5, 5.41) is 12.7. The number of H-pyrrole nitrogens is 1. The van der Waals surface area contributed by atoms with Gasteiger partial charge < -0.3 is 10.2 Å². The lowest BCUT2D eigenvalue weighted by Crippen LogP contribution is -2.30. The summed E-state index contributed by atoms with van der Waals surface area (Å²) in [7, 11) is 0. The summed E-state index contributed by atoms with van der Waals surface area (Å²) < 4.78 is 0. The van der Waals surface area contributed by atoms with Crippen LogP contribution in [0.3, 0.4) is 0 Å². The summed E-state index contributed by atoms with van der Waals surface area (Å²) in [5.74, 6) is 1.01. The lowest BCUT2D eigenvalue weighted by molar-refractivity contribution is -0.113. The number of carbonyl (C=O) groups excluding carboxylic acids is 1. The molecule has 1 aromatic carbocycles. The maximum absolute atomic E-state index is 12.2. The van der Waals surface area contributed by atoms with Crippen molar-refractivity contribution in [1.29, 1.82) is 0 Å². The minimum absolute atomic E-state index is 0.0708. The molecular formula is C20H25N5OS2. The fourth-order valence-corrected chi connectivity index (χ4v) is 4.24. The second-order valence-corrected chi connectivity index (χ2v) is 8.56. The molecule has 0 radical (unpaired) electrons. The highest BCUT2D eigenvalue weighted by Crippen LogP contribution is 2.21. The number of amides is 1. The van der Waals surface area contributed by atoms with Crippen LogP contribution < -0.4 is 10.2 Å². The molecule has 0 aliphatic heterocycles.